The maximum atomic E-state index is 13.9. The summed E-state index contributed by atoms with van der Waals surface area (Å²) in [5, 5.41) is 3.16. The SMILES string of the molecule is O=C(Cn1c2c(sc1=O)[C@H](c1cccc(Cl)c1Cl)C1C(=O)N(c3ccc(F)cc3)C(=O)C1S2)Nc1ccc(Cl)cc1. The Morgan fingerprint density at radius 2 is 1.63 bits per heavy atom. The van der Waals surface area contributed by atoms with Crippen LogP contribution in [0.1, 0.15) is 16.4 Å². The van der Waals surface area contributed by atoms with Crippen LogP contribution < -0.4 is 15.1 Å². The summed E-state index contributed by atoms with van der Waals surface area (Å²) in [5.74, 6) is -3.69. The highest BCUT2D eigenvalue weighted by atomic mass is 35.5. The molecule has 6 rings (SSSR count). The molecule has 0 radical (unpaired) electrons. The molecule has 1 fully saturated rings. The quantitative estimate of drug-likeness (QED) is 0.252. The van der Waals surface area contributed by atoms with Crippen molar-refractivity contribution >= 4 is 87.0 Å². The monoisotopic (exact) mass is 647 g/mol. The highest BCUT2D eigenvalue weighted by Crippen LogP contribution is 2.55. The summed E-state index contributed by atoms with van der Waals surface area (Å²) in [4.78, 5) is 55.0. The van der Waals surface area contributed by atoms with Crippen molar-refractivity contribution in [2.24, 2.45) is 5.92 Å². The number of fused-ring (bicyclic) bond motifs is 2. The number of nitrogens with zero attached hydrogens (tertiary/aromatic N) is 2. The second-order valence-electron chi connectivity index (χ2n) is 9.35. The van der Waals surface area contributed by atoms with Gasteiger partial charge in [-0.25, -0.2) is 9.29 Å². The first-order chi connectivity index (χ1) is 19.6. The van der Waals surface area contributed by atoms with Gasteiger partial charge in [0.2, 0.25) is 17.7 Å². The highest BCUT2D eigenvalue weighted by molar-refractivity contribution is 8.00. The van der Waals surface area contributed by atoms with E-state index in [0.29, 0.717) is 26.2 Å². The number of halogens is 4. The molecule has 4 aromatic rings. The number of carbonyl (C=O) groups is 3. The third-order valence-electron chi connectivity index (χ3n) is 6.88. The normalized spacial score (nSPS) is 19.7. The Hall–Kier alpha value is -3.15. The number of amides is 3. The fourth-order valence-corrected chi connectivity index (χ4v) is 8.39. The van der Waals surface area contributed by atoms with Gasteiger partial charge in [-0.3, -0.25) is 23.7 Å². The smallest absolute Gasteiger partial charge is 0.308 e. The molecule has 208 valence electrons. The minimum atomic E-state index is -0.931. The molecule has 1 saturated heterocycles. The molecule has 2 unspecified atom stereocenters. The van der Waals surface area contributed by atoms with Crippen LogP contribution in [-0.2, 0) is 20.9 Å². The van der Waals surface area contributed by atoms with Crippen molar-refractivity contribution in [3.63, 3.8) is 0 Å². The van der Waals surface area contributed by atoms with Gasteiger partial charge in [0.05, 0.1) is 26.7 Å². The first-order valence-electron chi connectivity index (χ1n) is 12.2. The van der Waals surface area contributed by atoms with Crippen molar-refractivity contribution in [3.8, 4) is 0 Å². The molecule has 1 aromatic heterocycles. The minimum Gasteiger partial charge on any atom is -0.325 e. The predicted octanol–water partition coefficient (Wildman–Crippen LogP) is 6.44. The number of rotatable bonds is 5. The number of anilines is 2. The van der Waals surface area contributed by atoms with E-state index in [0.717, 1.165) is 28.0 Å². The minimum absolute atomic E-state index is 0.198. The molecule has 13 heteroatoms. The molecular weight excluding hydrogens is 632 g/mol. The lowest BCUT2D eigenvalue weighted by atomic mass is 9.83. The lowest BCUT2D eigenvalue weighted by Gasteiger charge is -2.31. The molecule has 2 aliphatic rings. The van der Waals surface area contributed by atoms with E-state index in [1.54, 1.807) is 42.5 Å². The van der Waals surface area contributed by atoms with Crippen LogP contribution in [0.4, 0.5) is 15.8 Å². The van der Waals surface area contributed by atoms with Crippen LogP contribution in [0.15, 0.2) is 76.6 Å². The molecule has 41 heavy (non-hydrogen) atoms. The van der Waals surface area contributed by atoms with E-state index in [1.165, 1.54) is 28.8 Å². The summed E-state index contributed by atoms with van der Waals surface area (Å²) in [7, 11) is 0. The molecule has 3 amide bonds. The number of hydrogen-bond donors (Lipinski definition) is 1. The summed E-state index contributed by atoms with van der Waals surface area (Å²) < 4.78 is 14.9. The number of benzene rings is 3. The number of imide groups is 1. The average molecular weight is 649 g/mol. The summed E-state index contributed by atoms with van der Waals surface area (Å²) in [6.45, 7) is -0.322. The molecule has 1 N–H and O–H groups in total. The van der Waals surface area contributed by atoms with Gasteiger partial charge in [-0.05, 0) is 60.2 Å². The van der Waals surface area contributed by atoms with E-state index in [1.807, 2.05) is 0 Å². The summed E-state index contributed by atoms with van der Waals surface area (Å²) in [6.07, 6.45) is 0. The van der Waals surface area contributed by atoms with E-state index in [2.05, 4.69) is 5.32 Å². The van der Waals surface area contributed by atoms with Gasteiger partial charge in [0.25, 0.3) is 0 Å². The molecule has 2 aliphatic heterocycles. The lowest BCUT2D eigenvalue weighted by molar-refractivity contribution is -0.122. The van der Waals surface area contributed by atoms with Gasteiger partial charge in [-0.15, -0.1) is 0 Å². The summed E-state index contributed by atoms with van der Waals surface area (Å²) in [5.41, 5.74) is 1.21. The van der Waals surface area contributed by atoms with Gasteiger partial charge in [-0.2, -0.15) is 0 Å². The maximum absolute atomic E-state index is 13.9. The topological polar surface area (TPSA) is 88.5 Å². The number of hydrogen-bond acceptors (Lipinski definition) is 6. The largest absolute Gasteiger partial charge is 0.325 e. The Balaban J connectivity index is 1.43. The summed E-state index contributed by atoms with van der Waals surface area (Å²) in [6, 6.07) is 16.6. The average Bonchev–Trinajstić information content (AvgIpc) is 3.38. The summed E-state index contributed by atoms with van der Waals surface area (Å²) >= 11 is 20.8. The van der Waals surface area contributed by atoms with Crippen molar-refractivity contribution in [1.82, 2.24) is 4.57 Å². The van der Waals surface area contributed by atoms with Crippen molar-refractivity contribution in [3.05, 3.63) is 108 Å². The highest BCUT2D eigenvalue weighted by Gasteiger charge is 2.57. The fraction of sp³-hybridized carbons (Fsp3) is 0.143. The van der Waals surface area contributed by atoms with Crippen molar-refractivity contribution in [2.45, 2.75) is 22.7 Å². The zero-order valence-electron chi connectivity index (χ0n) is 20.6. The van der Waals surface area contributed by atoms with Gasteiger partial charge < -0.3 is 5.32 Å². The number of nitrogens with one attached hydrogen (secondary N) is 1. The molecule has 7 nitrogen and oxygen atoms in total. The molecule has 0 bridgehead atoms. The number of carbonyl (C=O) groups excluding carboxylic acids is 3. The first kappa shape index (κ1) is 28.0. The second kappa shape index (κ2) is 10.9. The van der Waals surface area contributed by atoms with Gasteiger partial charge in [-0.1, -0.05) is 70.0 Å². The van der Waals surface area contributed by atoms with Crippen LogP contribution in [-0.4, -0.2) is 27.5 Å². The third-order valence-corrected chi connectivity index (χ3v) is 10.6. The Morgan fingerprint density at radius 3 is 2.34 bits per heavy atom. The number of aromatic nitrogens is 1. The Kier molecular flexibility index (Phi) is 7.46. The number of thioether (sulfide) groups is 1. The standard InChI is InChI=1S/C28H17Cl3FN3O4S2/c29-13-4-8-15(9-5-13)33-19(36)12-34-27-24(41-28(34)39)20(17-2-1-3-18(30)22(17)31)21-23(40-27)26(38)35(25(21)37)16-10-6-14(32)7-11-16/h1-11,20-21,23H,12H2,(H,33,36)/t20-,21?,23?/m1/s1. The van der Waals surface area contributed by atoms with Crippen LogP contribution in [0.3, 0.4) is 0 Å². The van der Waals surface area contributed by atoms with Gasteiger partial charge in [0, 0.05) is 21.5 Å². The van der Waals surface area contributed by atoms with Crippen LogP contribution in [0.5, 0.6) is 0 Å². The zero-order chi connectivity index (χ0) is 29.0. The van der Waals surface area contributed by atoms with Gasteiger partial charge in [0.1, 0.15) is 17.6 Å². The van der Waals surface area contributed by atoms with E-state index in [-0.39, 0.29) is 22.3 Å². The van der Waals surface area contributed by atoms with E-state index < -0.39 is 45.5 Å². The molecule has 3 heterocycles. The van der Waals surface area contributed by atoms with Crippen LogP contribution >= 0.6 is 57.9 Å². The first-order valence-corrected chi connectivity index (χ1v) is 15.0. The molecule has 3 atom stereocenters. The van der Waals surface area contributed by atoms with Crippen LogP contribution in [0.2, 0.25) is 15.1 Å². The van der Waals surface area contributed by atoms with Crippen molar-refractivity contribution in [2.75, 3.05) is 10.2 Å². The molecule has 3 aromatic carbocycles. The fourth-order valence-electron chi connectivity index (χ4n) is 5.07. The molecule has 0 saturated carbocycles. The second-order valence-corrected chi connectivity index (χ2v) is 12.7. The molecule has 0 aliphatic carbocycles. The van der Waals surface area contributed by atoms with Gasteiger partial charge >= 0.3 is 4.87 Å². The van der Waals surface area contributed by atoms with Gasteiger partial charge in [0.15, 0.2) is 0 Å². The Labute approximate surface area is 255 Å². The lowest BCUT2D eigenvalue weighted by Crippen LogP contribution is -2.33. The zero-order valence-corrected chi connectivity index (χ0v) is 24.5. The third kappa shape index (κ3) is 4.97. The predicted molar refractivity (Wildman–Crippen MR) is 159 cm³/mol. The number of thiazole rings is 1. The van der Waals surface area contributed by atoms with Crippen molar-refractivity contribution in [1.29, 1.82) is 0 Å². The maximum Gasteiger partial charge on any atom is 0.308 e. The molecular formula is C28H17Cl3FN3O4S2. The van der Waals surface area contributed by atoms with E-state index in [9.17, 15) is 23.6 Å². The van der Waals surface area contributed by atoms with Crippen LogP contribution in [0, 0.1) is 11.7 Å². The van der Waals surface area contributed by atoms with E-state index in [4.69, 9.17) is 34.8 Å². The van der Waals surface area contributed by atoms with Crippen molar-refractivity contribution < 1.29 is 18.8 Å². The Morgan fingerprint density at radius 1 is 0.927 bits per heavy atom. The van der Waals surface area contributed by atoms with Crippen LogP contribution in [0.25, 0.3) is 0 Å². The molecule has 0 spiro atoms. The van der Waals surface area contributed by atoms with E-state index >= 15 is 0 Å². The Bertz CT molecular complexity index is 1780.